The molecule has 1 amide bonds. The van der Waals surface area contributed by atoms with Crippen LogP contribution in [0.2, 0.25) is 0 Å². The molecule has 0 aliphatic heterocycles. The zero-order chi connectivity index (χ0) is 11.4. The maximum Gasteiger partial charge on any atom is 0.223 e. The zero-order valence-electron chi connectivity index (χ0n) is 9.78. The Hall–Kier alpha value is -0.610. The van der Waals surface area contributed by atoms with E-state index in [4.69, 9.17) is 10.5 Å². The highest BCUT2D eigenvalue weighted by molar-refractivity contribution is 5.79. The van der Waals surface area contributed by atoms with Gasteiger partial charge in [-0.05, 0) is 31.1 Å². The van der Waals surface area contributed by atoms with Gasteiger partial charge in [-0.25, -0.2) is 0 Å². The number of hydrogen-bond donors (Lipinski definition) is 2. The molecule has 3 unspecified atom stereocenters. The van der Waals surface area contributed by atoms with Gasteiger partial charge in [0.05, 0.1) is 13.2 Å². The molecular formula is C12H22N2O2. The van der Waals surface area contributed by atoms with E-state index < -0.39 is 0 Å². The van der Waals surface area contributed by atoms with Gasteiger partial charge in [0.15, 0.2) is 0 Å². The fourth-order valence-electron chi connectivity index (χ4n) is 3.13. The van der Waals surface area contributed by atoms with E-state index in [9.17, 15) is 4.79 Å². The first-order valence-corrected chi connectivity index (χ1v) is 6.36. The summed E-state index contributed by atoms with van der Waals surface area (Å²) in [5.41, 5.74) is 5.30. The number of hydrogen-bond acceptors (Lipinski definition) is 3. The van der Waals surface area contributed by atoms with Gasteiger partial charge in [0, 0.05) is 19.0 Å². The second-order valence-corrected chi connectivity index (χ2v) is 4.97. The van der Waals surface area contributed by atoms with E-state index in [0.29, 0.717) is 32.2 Å². The highest BCUT2D eigenvalue weighted by Gasteiger charge is 2.42. The Bertz CT molecular complexity index is 245. The van der Waals surface area contributed by atoms with Crippen LogP contribution < -0.4 is 11.1 Å². The zero-order valence-corrected chi connectivity index (χ0v) is 9.78. The van der Waals surface area contributed by atoms with Gasteiger partial charge in [0.1, 0.15) is 0 Å². The summed E-state index contributed by atoms with van der Waals surface area (Å²) in [4.78, 5) is 11.9. The Morgan fingerprint density at radius 1 is 1.31 bits per heavy atom. The number of carbonyl (C=O) groups is 1. The number of rotatable bonds is 6. The van der Waals surface area contributed by atoms with Crippen molar-refractivity contribution in [2.24, 2.45) is 23.5 Å². The Labute approximate surface area is 96.9 Å². The minimum Gasteiger partial charge on any atom is -0.378 e. The van der Waals surface area contributed by atoms with Gasteiger partial charge in [0.2, 0.25) is 5.91 Å². The maximum absolute atomic E-state index is 11.9. The number of ether oxygens (including phenoxy) is 1. The van der Waals surface area contributed by atoms with Crippen molar-refractivity contribution in [2.75, 3.05) is 26.3 Å². The number of amides is 1. The highest BCUT2D eigenvalue weighted by atomic mass is 16.5. The normalized spacial score (nSPS) is 31.9. The minimum absolute atomic E-state index is 0.239. The summed E-state index contributed by atoms with van der Waals surface area (Å²) in [5, 5.41) is 2.96. The average molecular weight is 226 g/mol. The standard InChI is InChI=1S/C12H22N2O2/c13-3-5-16-6-4-14-12(15)11-8-9-1-2-10(11)7-9/h9-11H,1-8,13H2,(H,14,15). The predicted octanol–water partition coefficient (Wildman–Crippen LogP) is 0.514. The molecular weight excluding hydrogens is 204 g/mol. The van der Waals surface area contributed by atoms with Crippen molar-refractivity contribution in [2.45, 2.75) is 25.7 Å². The Balaban J connectivity index is 1.61. The molecule has 2 saturated carbocycles. The molecule has 2 fully saturated rings. The molecule has 4 heteroatoms. The van der Waals surface area contributed by atoms with Gasteiger partial charge in [-0.1, -0.05) is 6.42 Å². The third-order valence-electron chi connectivity index (χ3n) is 3.88. The van der Waals surface area contributed by atoms with Gasteiger partial charge in [-0.15, -0.1) is 0 Å². The van der Waals surface area contributed by atoms with Gasteiger partial charge in [-0.3, -0.25) is 4.79 Å². The van der Waals surface area contributed by atoms with E-state index in [0.717, 1.165) is 12.3 Å². The van der Waals surface area contributed by atoms with Crippen molar-refractivity contribution in [3.63, 3.8) is 0 Å². The van der Waals surface area contributed by atoms with Crippen LogP contribution in [0.25, 0.3) is 0 Å². The summed E-state index contributed by atoms with van der Waals surface area (Å²) in [6.45, 7) is 2.31. The summed E-state index contributed by atoms with van der Waals surface area (Å²) < 4.78 is 5.22. The Morgan fingerprint density at radius 3 is 2.81 bits per heavy atom. The van der Waals surface area contributed by atoms with Crippen LogP contribution in [0, 0.1) is 17.8 Å². The molecule has 2 bridgehead atoms. The molecule has 0 aromatic heterocycles. The molecule has 0 saturated heterocycles. The monoisotopic (exact) mass is 226 g/mol. The van der Waals surface area contributed by atoms with Crippen molar-refractivity contribution in [1.29, 1.82) is 0 Å². The number of nitrogens with one attached hydrogen (secondary N) is 1. The molecule has 0 radical (unpaired) electrons. The van der Waals surface area contributed by atoms with Crippen molar-refractivity contribution in [1.82, 2.24) is 5.32 Å². The number of nitrogens with two attached hydrogens (primary N) is 1. The van der Waals surface area contributed by atoms with Crippen LogP contribution >= 0.6 is 0 Å². The quantitative estimate of drug-likeness (QED) is 0.649. The lowest BCUT2D eigenvalue weighted by Crippen LogP contribution is -2.35. The molecule has 2 aliphatic rings. The third kappa shape index (κ3) is 2.74. The van der Waals surface area contributed by atoms with Crippen LogP contribution in [0.4, 0.5) is 0 Å². The van der Waals surface area contributed by atoms with Crippen LogP contribution in [-0.2, 0) is 9.53 Å². The number of fused-ring (bicyclic) bond motifs is 2. The lowest BCUT2D eigenvalue weighted by atomic mass is 9.88. The summed E-state index contributed by atoms with van der Waals surface area (Å²) in [5.74, 6) is 2.01. The van der Waals surface area contributed by atoms with Gasteiger partial charge in [-0.2, -0.15) is 0 Å². The van der Waals surface area contributed by atoms with Crippen LogP contribution in [-0.4, -0.2) is 32.2 Å². The van der Waals surface area contributed by atoms with Gasteiger partial charge < -0.3 is 15.8 Å². The lowest BCUT2D eigenvalue weighted by molar-refractivity contribution is -0.126. The first-order valence-electron chi connectivity index (χ1n) is 6.36. The fourth-order valence-corrected chi connectivity index (χ4v) is 3.13. The second kappa shape index (κ2) is 5.64. The molecule has 0 spiro atoms. The van der Waals surface area contributed by atoms with E-state index in [1.165, 1.54) is 19.3 Å². The molecule has 16 heavy (non-hydrogen) atoms. The SMILES string of the molecule is NCCOCCNC(=O)C1CC2CCC1C2. The predicted molar refractivity (Wildman–Crippen MR) is 61.8 cm³/mol. The maximum atomic E-state index is 11.9. The molecule has 4 nitrogen and oxygen atoms in total. The molecule has 2 aliphatic carbocycles. The van der Waals surface area contributed by atoms with E-state index in [1.807, 2.05) is 0 Å². The average Bonchev–Trinajstić information content (AvgIpc) is 2.90. The topological polar surface area (TPSA) is 64.3 Å². The van der Waals surface area contributed by atoms with Crippen molar-refractivity contribution in [3.05, 3.63) is 0 Å². The van der Waals surface area contributed by atoms with Crippen LogP contribution in [0.5, 0.6) is 0 Å². The number of carbonyl (C=O) groups excluding carboxylic acids is 1. The Morgan fingerprint density at radius 2 is 2.19 bits per heavy atom. The van der Waals surface area contributed by atoms with E-state index in [-0.39, 0.29) is 11.8 Å². The third-order valence-corrected chi connectivity index (χ3v) is 3.88. The molecule has 92 valence electrons. The molecule has 0 heterocycles. The molecule has 0 aromatic carbocycles. The first-order chi connectivity index (χ1) is 7.81. The molecule has 3 atom stereocenters. The summed E-state index contributed by atoms with van der Waals surface area (Å²) >= 11 is 0. The second-order valence-electron chi connectivity index (χ2n) is 4.97. The first kappa shape index (κ1) is 11.9. The molecule has 0 aromatic rings. The van der Waals surface area contributed by atoms with Crippen molar-refractivity contribution in [3.8, 4) is 0 Å². The summed E-state index contributed by atoms with van der Waals surface area (Å²) in [6.07, 6.45) is 4.99. The summed E-state index contributed by atoms with van der Waals surface area (Å²) in [6, 6.07) is 0. The lowest BCUT2D eigenvalue weighted by Gasteiger charge is -2.20. The highest BCUT2D eigenvalue weighted by Crippen LogP contribution is 2.48. The Kier molecular flexibility index (Phi) is 4.18. The largest absolute Gasteiger partial charge is 0.378 e. The van der Waals surface area contributed by atoms with Gasteiger partial charge >= 0.3 is 0 Å². The fraction of sp³-hybridized carbons (Fsp3) is 0.917. The van der Waals surface area contributed by atoms with Crippen molar-refractivity contribution >= 4 is 5.91 Å². The van der Waals surface area contributed by atoms with E-state index >= 15 is 0 Å². The van der Waals surface area contributed by atoms with Crippen molar-refractivity contribution < 1.29 is 9.53 Å². The van der Waals surface area contributed by atoms with Crippen LogP contribution in [0.15, 0.2) is 0 Å². The van der Waals surface area contributed by atoms with E-state index in [2.05, 4.69) is 5.32 Å². The van der Waals surface area contributed by atoms with Gasteiger partial charge in [0.25, 0.3) is 0 Å². The van der Waals surface area contributed by atoms with Crippen LogP contribution in [0.1, 0.15) is 25.7 Å². The molecule has 3 N–H and O–H groups in total. The summed E-state index contributed by atoms with van der Waals surface area (Å²) in [7, 11) is 0. The van der Waals surface area contributed by atoms with Crippen LogP contribution in [0.3, 0.4) is 0 Å². The minimum atomic E-state index is 0.239. The smallest absolute Gasteiger partial charge is 0.223 e. The van der Waals surface area contributed by atoms with E-state index in [1.54, 1.807) is 0 Å². The molecule has 2 rings (SSSR count).